The van der Waals surface area contributed by atoms with E-state index >= 15 is 0 Å². The van der Waals surface area contributed by atoms with Gasteiger partial charge in [-0.1, -0.05) is 6.08 Å². The largest absolute Gasteiger partial charge is 0.481 e. The summed E-state index contributed by atoms with van der Waals surface area (Å²) in [4.78, 5) is 11.0. The van der Waals surface area contributed by atoms with E-state index in [4.69, 9.17) is 4.74 Å². The summed E-state index contributed by atoms with van der Waals surface area (Å²) in [6.07, 6.45) is 5.07. The van der Waals surface area contributed by atoms with Crippen LogP contribution in [-0.4, -0.2) is 18.6 Å². The summed E-state index contributed by atoms with van der Waals surface area (Å²) >= 11 is 0. The highest BCUT2D eigenvalue weighted by molar-refractivity contribution is 5.98. The zero-order chi connectivity index (χ0) is 6.97. The maximum Gasteiger partial charge on any atom is 0.180 e. The number of carbonyl (C=O) groups is 1. The smallest absolute Gasteiger partial charge is 0.180 e. The molecule has 1 aliphatic carbocycles. The Balaban J connectivity index is 2.33. The van der Waals surface area contributed by atoms with E-state index in [1.165, 1.54) is 0 Å². The minimum atomic E-state index is -0.204. The molecule has 2 rings (SSSR count). The van der Waals surface area contributed by atoms with Crippen molar-refractivity contribution in [2.45, 2.75) is 6.04 Å². The quantitative estimate of drug-likeness (QED) is 0.509. The van der Waals surface area contributed by atoms with Crippen LogP contribution < -0.4 is 5.32 Å². The van der Waals surface area contributed by atoms with E-state index in [0.717, 1.165) is 5.76 Å². The predicted octanol–water partition coefficient (Wildman–Crippen LogP) is -0.0449. The molecule has 0 amide bonds. The summed E-state index contributed by atoms with van der Waals surface area (Å²) in [6, 6.07) is -0.204. The molecule has 1 atom stereocenters. The molecule has 52 valence electrons. The SMILES string of the molecule is O=C1C=CC=C2OCNC12. The lowest BCUT2D eigenvalue weighted by Crippen LogP contribution is -2.31. The normalized spacial score (nSPS) is 29.4. The molecule has 1 aliphatic heterocycles. The van der Waals surface area contributed by atoms with Gasteiger partial charge in [0.05, 0.1) is 0 Å². The van der Waals surface area contributed by atoms with Crippen molar-refractivity contribution >= 4 is 5.78 Å². The van der Waals surface area contributed by atoms with E-state index in [-0.39, 0.29) is 11.8 Å². The zero-order valence-electron chi connectivity index (χ0n) is 5.33. The van der Waals surface area contributed by atoms with Crippen molar-refractivity contribution in [1.29, 1.82) is 0 Å². The van der Waals surface area contributed by atoms with E-state index < -0.39 is 0 Å². The molecule has 0 spiro atoms. The molecule has 0 saturated carbocycles. The van der Waals surface area contributed by atoms with Crippen molar-refractivity contribution in [2.24, 2.45) is 0 Å². The van der Waals surface area contributed by atoms with E-state index in [2.05, 4.69) is 5.32 Å². The first-order valence-electron chi connectivity index (χ1n) is 3.16. The number of hydrogen-bond donors (Lipinski definition) is 1. The van der Waals surface area contributed by atoms with E-state index in [1.54, 1.807) is 12.2 Å². The van der Waals surface area contributed by atoms with Gasteiger partial charge in [0.15, 0.2) is 5.78 Å². The standard InChI is InChI=1S/C7H7NO2/c9-5-2-1-3-6-7(5)8-4-10-6/h1-3,7-8H,4H2. The Morgan fingerprint density at radius 2 is 2.60 bits per heavy atom. The molecule has 3 nitrogen and oxygen atoms in total. The summed E-state index contributed by atoms with van der Waals surface area (Å²) in [5.74, 6) is 0.822. The molecule has 0 bridgehead atoms. The van der Waals surface area contributed by atoms with E-state index in [0.29, 0.717) is 6.73 Å². The summed E-state index contributed by atoms with van der Waals surface area (Å²) in [5.41, 5.74) is 0. The third-order valence-electron chi connectivity index (χ3n) is 1.62. The van der Waals surface area contributed by atoms with Gasteiger partial charge in [-0.15, -0.1) is 0 Å². The van der Waals surface area contributed by atoms with Crippen LogP contribution in [0.5, 0.6) is 0 Å². The van der Waals surface area contributed by atoms with Gasteiger partial charge in [-0.3, -0.25) is 10.1 Å². The molecular weight excluding hydrogens is 130 g/mol. The summed E-state index contributed by atoms with van der Waals surface area (Å²) in [6.45, 7) is 0.448. The molecule has 2 aliphatic rings. The van der Waals surface area contributed by atoms with Crippen molar-refractivity contribution in [3.05, 3.63) is 24.0 Å². The number of hydrogen-bond acceptors (Lipinski definition) is 3. The van der Waals surface area contributed by atoms with Crippen LogP contribution in [0, 0.1) is 0 Å². The Morgan fingerprint density at radius 3 is 3.40 bits per heavy atom. The predicted molar refractivity (Wildman–Crippen MR) is 35.1 cm³/mol. The minimum absolute atomic E-state index is 0.0787. The van der Waals surface area contributed by atoms with Gasteiger partial charge in [-0.25, -0.2) is 0 Å². The Labute approximate surface area is 58.4 Å². The number of allylic oxidation sites excluding steroid dienone is 2. The minimum Gasteiger partial charge on any atom is -0.481 e. The molecule has 1 N–H and O–H groups in total. The second kappa shape index (κ2) is 1.95. The molecule has 0 aromatic heterocycles. The van der Waals surface area contributed by atoms with Crippen LogP contribution in [0.2, 0.25) is 0 Å². The fourth-order valence-electron chi connectivity index (χ4n) is 1.11. The Morgan fingerprint density at radius 1 is 1.70 bits per heavy atom. The third kappa shape index (κ3) is 0.675. The van der Waals surface area contributed by atoms with Crippen LogP contribution in [0.1, 0.15) is 0 Å². The number of nitrogens with one attached hydrogen (secondary N) is 1. The average Bonchev–Trinajstić information content (AvgIpc) is 2.36. The molecule has 10 heavy (non-hydrogen) atoms. The lowest BCUT2D eigenvalue weighted by molar-refractivity contribution is -0.115. The van der Waals surface area contributed by atoms with Crippen LogP contribution in [0.4, 0.5) is 0 Å². The molecule has 0 aromatic rings. The molecule has 1 heterocycles. The highest BCUT2D eigenvalue weighted by Gasteiger charge is 2.28. The maximum absolute atomic E-state index is 11.0. The Kier molecular flexibility index (Phi) is 1.11. The van der Waals surface area contributed by atoms with Crippen molar-refractivity contribution in [3.8, 4) is 0 Å². The molecule has 1 saturated heterocycles. The van der Waals surface area contributed by atoms with Gasteiger partial charge in [-0.2, -0.15) is 0 Å². The maximum atomic E-state index is 11.0. The Hall–Kier alpha value is -1.09. The van der Waals surface area contributed by atoms with Crippen LogP contribution in [0.3, 0.4) is 0 Å². The molecule has 0 aromatic carbocycles. The highest BCUT2D eigenvalue weighted by atomic mass is 16.5. The summed E-state index contributed by atoms with van der Waals surface area (Å²) in [7, 11) is 0. The number of ether oxygens (including phenoxy) is 1. The lowest BCUT2D eigenvalue weighted by Gasteiger charge is -2.07. The second-order valence-corrected chi connectivity index (χ2v) is 2.26. The number of rotatable bonds is 0. The van der Waals surface area contributed by atoms with Crippen LogP contribution in [0.25, 0.3) is 0 Å². The summed E-state index contributed by atoms with van der Waals surface area (Å²) < 4.78 is 5.11. The number of ketones is 1. The highest BCUT2D eigenvalue weighted by Crippen LogP contribution is 2.15. The monoisotopic (exact) mass is 137 g/mol. The first-order chi connectivity index (χ1) is 4.88. The van der Waals surface area contributed by atoms with Crippen LogP contribution in [0.15, 0.2) is 24.0 Å². The summed E-state index contributed by atoms with van der Waals surface area (Å²) in [5, 5.41) is 2.92. The van der Waals surface area contributed by atoms with E-state index in [1.807, 2.05) is 6.08 Å². The molecule has 0 radical (unpaired) electrons. The topological polar surface area (TPSA) is 38.3 Å². The molecule has 1 fully saturated rings. The van der Waals surface area contributed by atoms with Gasteiger partial charge in [0.2, 0.25) is 0 Å². The van der Waals surface area contributed by atoms with Gasteiger partial charge >= 0.3 is 0 Å². The second-order valence-electron chi connectivity index (χ2n) is 2.26. The van der Waals surface area contributed by atoms with Gasteiger partial charge in [0.1, 0.15) is 18.5 Å². The zero-order valence-corrected chi connectivity index (χ0v) is 5.33. The van der Waals surface area contributed by atoms with Crippen molar-refractivity contribution in [2.75, 3.05) is 6.73 Å². The lowest BCUT2D eigenvalue weighted by atomic mass is 10.1. The van der Waals surface area contributed by atoms with Crippen molar-refractivity contribution < 1.29 is 9.53 Å². The first-order valence-corrected chi connectivity index (χ1v) is 3.16. The van der Waals surface area contributed by atoms with Crippen LogP contribution >= 0.6 is 0 Å². The number of fused-ring (bicyclic) bond motifs is 1. The third-order valence-corrected chi connectivity index (χ3v) is 1.62. The average molecular weight is 137 g/mol. The molecule has 1 unspecified atom stereocenters. The van der Waals surface area contributed by atoms with Crippen molar-refractivity contribution in [1.82, 2.24) is 5.32 Å². The van der Waals surface area contributed by atoms with Crippen LogP contribution in [-0.2, 0) is 9.53 Å². The van der Waals surface area contributed by atoms with Crippen molar-refractivity contribution in [3.63, 3.8) is 0 Å². The fraction of sp³-hybridized carbons (Fsp3) is 0.286. The van der Waals surface area contributed by atoms with Gasteiger partial charge in [-0.05, 0) is 12.2 Å². The molecular formula is C7H7NO2. The van der Waals surface area contributed by atoms with Gasteiger partial charge in [0, 0.05) is 0 Å². The Bertz CT molecular complexity index is 230. The number of carbonyl (C=O) groups excluding carboxylic acids is 1. The first kappa shape index (κ1) is 5.68. The fourth-order valence-corrected chi connectivity index (χ4v) is 1.11. The van der Waals surface area contributed by atoms with E-state index in [9.17, 15) is 4.79 Å². The molecule has 3 heteroatoms. The van der Waals surface area contributed by atoms with Gasteiger partial charge < -0.3 is 4.74 Å². The van der Waals surface area contributed by atoms with Gasteiger partial charge in [0.25, 0.3) is 0 Å².